The number of nitrogens with one attached hydrogen (secondary N) is 1. The van der Waals surface area contributed by atoms with Crippen LogP contribution in [0, 0.1) is 13.8 Å². The van der Waals surface area contributed by atoms with Crippen LogP contribution in [0.5, 0.6) is 5.75 Å². The second-order valence-corrected chi connectivity index (χ2v) is 6.49. The molecule has 1 amide bonds. The summed E-state index contributed by atoms with van der Waals surface area (Å²) in [7, 11) is 0. The zero-order valence-corrected chi connectivity index (χ0v) is 15.7. The Balaban J connectivity index is 1.78. The van der Waals surface area contributed by atoms with Gasteiger partial charge < -0.3 is 14.8 Å². The third kappa shape index (κ3) is 5.62. The van der Waals surface area contributed by atoms with Crippen LogP contribution in [-0.2, 0) is 14.3 Å². The maximum absolute atomic E-state index is 11.9. The maximum Gasteiger partial charge on any atom is 0.344 e. The fourth-order valence-corrected chi connectivity index (χ4v) is 2.62. The Hall–Kier alpha value is -2.82. The molecule has 0 aromatic heterocycles. The molecule has 0 unspecified atom stereocenters. The van der Waals surface area contributed by atoms with Crippen molar-refractivity contribution in [2.75, 3.05) is 18.5 Å². The van der Waals surface area contributed by atoms with E-state index < -0.39 is 5.97 Å². The van der Waals surface area contributed by atoms with E-state index in [-0.39, 0.29) is 19.1 Å². The molecular formula is C21H25NO4. The van der Waals surface area contributed by atoms with E-state index in [0.717, 1.165) is 11.1 Å². The van der Waals surface area contributed by atoms with Crippen molar-refractivity contribution in [1.29, 1.82) is 0 Å². The van der Waals surface area contributed by atoms with Crippen molar-refractivity contribution in [3.63, 3.8) is 0 Å². The Morgan fingerprint density at radius 2 is 1.73 bits per heavy atom. The van der Waals surface area contributed by atoms with E-state index in [2.05, 4.69) is 19.2 Å². The summed E-state index contributed by atoms with van der Waals surface area (Å²) < 4.78 is 10.4. The normalized spacial score (nSPS) is 10.5. The van der Waals surface area contributed by atoms with Gasteiger partial charge in [0.2, 0.25) is 0 Å². The highest BCUT2D eigenvalue weighted by Crippen LogP contribution is 2.23. The summed E-state index contributed by atoms with van der Waals surface area (Å²) in [5.41, 5.74) is 4.00. The Bertz CT molecular complexity index is 783. The number of amides is 1. The molecule has 0 atom stereocenters. The molecule has 2 aromatic carbocycles. The molecule has 138 valence electrons. The zero-order chi connectivity index (χ0) is 19.1. The van der Waals surface area contributed by atoms with Crippen molar-refractivity contribution in [3.05, 3.63) is 59.2 Å². The number of anilines is 1. The number of carbonyl (C=O) groups is 2. The molecule has 0 radical (unpaired) electrons. The number of aryl methyl sites for hydroxylation is 2. The third-order valence-electron chi connectivity index (χ3n) is 4.00. The summed E-state index contributed by atoms with van der Waals surface area (Å²) >= 11 is 0. The van der Waals surface area contributed by atoms with Crippen LogP contribution in [-0.4, -0.2) is 25.1 Å². The number of carbonyl (C=O) groups excluding carboxylic acids is 2. The van der Waals surface area contributed by atoms with E-state index in [1.165, 1.54) is 5.56 Å². The molecule has 0 aliphatic rings. The molecular weight excluding hydrogens is 330 g/mol. The average molecular weight is 355 g/mol. The molecule has 0 saturated carbocycles. The number of hydrogen-bond donors (Lipinski definition) is 1. The predicted octanol–water partition coefficient (Wildman–Crippen LogP) is 3.99. The zero-order valence-electron chi connectivity index (χ0n) is 15.7. The molecule has 0 aliphatic carbocycles. The lowest BCUT2D eigenvalue weighted by Gasteiger charge is -2.12. The van der Waals surface area contributed by atoms with Gasteiger partial charge in [0.1, 0.15) is 5.75 Å². The van der Waals surface area contributed by atoms with E-state index >= 15 is 0 Å². The fourth-order valence-electron chi connectivity index (χ4n) is 2.62. The van der Waals surface area contributed by atoms with Gasteiger partial charge in [-0.05, 0) is 54.7 Å². The highest BCUT2D eigenvalue weighted by molar-refractivity contribution is 5.93. The van der Waals surface area contributed by atoms with Crippen LogP contribution in [0.25, 0.3) is 0 Å². The number of benzene rings is 2. The molecule has 2 aromatic rings. The lowest BCUT2D eigenvalue weighted by atomic mass is 9.98. The smallest absolute Gasteiger partial charge is 0.344 e. The van der Waals surface area contributed by atoms with E-state index in [1.807, 2.05) is 50.2 Å². The SMILES string of the molecule is Cc1ccccc1NC(=O)COC(=O)COc1ccc(C(C)C)c(C)c1. The summed E-state index contributed by atoms with van der Waals surface area (Å²) in [6, 6.07) is 13.1. The second kappa shape index (κ2) is 9.04. The van der Waals surface area contributed by atoms with Gasteiger partial charge >= 0.3 is 5.97 Å². The molecule has 26 heavy (non-hydrogen) atoms. The lowest BCUT2D eigenvalue weighted by molar-refractivity contribution is -0.149. The van der Waals surface area contributed by atoms with Crippen molar-refractivity contribution in [2.24, 2.45) is 0 Å². The second-order valence-electron chi connectivity index (χ2n) is 6.49. The average Bonchev–Trinajstić information content (AvgIpc) is 2.60. The molecule has 0 aliphatic heterocycles. The highest BCUT2D eigenvalue weighted by atomic mass is 16.6. The van der Waals surface area contributed by atoms with E-state index in [9.17, 15) is 9.59 Å². The van der Waals surface area contributed by atoms with Gasteiger partial charge in [-0.15, -0.1) is 0 Å². The van der Waals surface area contributed by atoms with Crippen LogP contribution in [0.3, 0.4) is 0 Å². The van der Waals surface area contributed by atoms with Crippen LogP contribution in [0.1, 0.15) is 36.5 Å². The minimum atomic E-state index is -0.587. The minimum absolute atomic E-state index is 0.238. The van der Waals surface area contributed by atoms with E-state index in [1.54, 1.807) is 6.07 Å². The fraction of sp³-hybridized carbons (Fsp3) is 0.333. The van der Waals surface area contributed by atoms with Crippen molar-refractivity contribution in [3.8, 4) is 5.75 Å². The van der Waals surface area contributed by atoms with E-state index in [0.29, 0.717) is 17.4 Å². The summed E-state index contributed by atoms with van der Waals surface area (Å²) in [4.78, 5) is 23.6. The molecule has 5 heteroatoms. The van der Waals surface area contributed by atoms with Crippen molar-refractivity contribution >= 4 is 17.6 Å². The Kier molecular flexibility index (Phi) is 6.78. The standard InChI is InChI=1S/C21H25NO4/c1-14(2)18-10-9-17(11-16(18)4)25-13-21(24)26-12-20(23)22-19-8-6-5-7-15(19)3/h5-11,14H,12-13H2,1-4H3,(H,22,23). The van der Waals surface area contributed by atoms with Gasteiger partial charge in [0.05, 0.1) is 0 Å². The lowest BCUT2D eigenvalue weighted by Crippen LogP contribution is -2.24. The maximum atomic E-state index is 11.9. The third-order valence-corrected chi connectivity index (χ3v) is 4.00. The molecule has 0 fully saturated rings. The van der Waals surface area contributed by atoms with Crippen LogP contribution in [0.15, 0.2) is 42.5 Å². The van der Waals surface area contributed by atoms with Gasteiger partial charge in [0, 0.05) is 5.69 Å². The largest absolute Gasteiger partial charge is 0.482 e. The molecule has 0 saturated heterocycles. The van der Waals surface area contributed by atoms with Gasteiger partial charge in [-0.25, -0.2) is 4.79 Å². The van der Waals surface area contributed by atoms with Gasteiger partial charge in [0.25, 0.3) is 5.91 Å². The Labute approximate surface area is 154 Å². The first-order valence-electron chi connectivity index (χ1n) is 8.61. The summed E-state index contributed by atoms with van der Waals surface area (Å²) in [5.74, 6) is 0.0642. The van der Waals surface area contributed by atoms with Crippen molar-refractivity contribution < 1.29 is 19.1 Å². The van der Waals surface area contributed by atoms with Crippen LogP contribution >= 0.6 is 0 Å². The first kappa shape index (κ1) is 19.5. The van der Waals surface area contributed by atoms with Gasteiger partial charge in [-0.3, -0.25) is 4.79 Å². The van der Waals surface area contributed by atoms with Crippen LogP contribution in [0.2, 0.25) is 0 Å². The number of ether oxygens (including phenoxy) is 2. The number of para-hydroxylation sites is 1. The number of rotatable bonds is 7. The molecule has 2 rings (SSSR count). The predicted molar refractivity (Wildman–Crippen MR) is 102 cm³/mol. The van der Waals surface area contributed by atoms with Gasteiger partial charge in [-0.1, -0.05) is 38.1 Å². The quantitative estimate of drug-likeness (QED) is 0.763. The first-order chi connectivity index (χ1) is 12.4. The molecule has 0 heterocycles. The topological polar surface area (TPSA) is 64.6 Å². The van der Waals surface area contributed by atoms with Gasteiger partial charge in [-0.2, -0.15) is 0 Å². The van der Waals surface area contributed by atoms with Crippen LogP contribution in [0.4, 0.5) is 5.69 Å². The number of esters is 1. The van der Waals surface area contributed by atoms with Crippen molar-refractivity contribution in [2.45, 2.75) is 33.6 Å². The molecule has 0 spiro atoms. The monoisotopic (exact) mass is 355 g/mol. The highest BCUT2D eigenvalue weighted by Gasteiger charge is 2.10. The summed E-state index contributed by atoms with van der Waals surface area (Å²) in [5, 5.41) is 2.71. The first-order valence-corrected chi connectivity index (χ1v) is 8.61. The van der Waals surface area contributed by atoms with Crippen LogP contribution < -0.4 is 10.1 Å². The van der Waals surface area contributed by atoms with Gasteiger partial charge in [0.15, 0.2) is 13.2 Å². The minimum Gasteiger partial charge on any atom is -0.482 e. The molecule has 0 bridgehead atoms. The Morgan fingerprint density at radius 3 is 2.38 bits per heavy atom. The van der Waals surface area contributed by atoms with Crippen molar-refractivity contribution in [1.82, 2.24) is 0 Å². The summed E-state index contributed by atoms with van der Waals surface area (Å²) in [6.45, 7) is 7.57. The summed E-state index contributed by atoms with van der Waals surface area (Å²) in [6.07, 6.45) is 0. The van der Waals surface area contributed by atoms with E-state index in [4.69, 9.17) is 9.47 Å². The molecule has 5 nitrogen and oxygen atoms in total. The number of hydrogen-bond acceptors (Lipinski definition) is 4. The molecule has 1 N–H and O–H groups in total. The Morgan fingerprint density at radius 1 is 1.00 bits per heavy atom.